The highest BCUT2D eigenvalue weighted by atomic mass is 16.7. The van der Waals surface area contributed by atoms with Gasteiger partial charge in [-0.1, -0.05) is 48.5 Å². The lowest BCUT2D eigenvalue weighted by molar-refractivity contribution is -0.211. The molecule has 0 saturated carbocycles. The smallest absolute Gasteiger partial charge is 0.338 e. The molecule has 3 N–H and O–H groups in total. The Morgan fingerprint density at radius 1 is 1.19 bits per heavy atom. The number of aromatic amines is 1. The molecule has 2 aromatic heterocycles. The van der Waals surface area contributed by atoms with Crippen LogP contribution in [0.1, 0.15) is 29.1 Å². The molecule has 4 aromatic rings. The highest BCUT2D eigenvalue weighted by Crippen LogP contribution is 2.54. The molecule has 2 fully saturated rings. The largest absolute Gasteiger partial charge is 0.459 e. The fraction of sp³-hybridized carbons (Fsp3) is 0.308. The van der Waals surface area contributed by atoms with Crippen molar-refractivity contribution in [3.8, 4) is 0 Å². The van der Waals surface area contributed by atoms with Crippen molar-refractivity contribution < 1.29 is 23.7 Å². The minimum absolute atomic E-state index is 0.0446. The van der Waals surface area contributed by atoms with Gasteiger partial charge >= 0.3 is 5.97 Å². The van der Waals surface area contributed by atoms with E-state index in [0.29, 0.717) is 12.2 Å². The maximum Gasteiger partial charge on any atom is 0.338 e. The molecule has 2 aliphatic rings. The first-order valence-corrected chi connectivity index (χ1v) is 11.8. The number of nitrogens with zero attached hydrogens (tertiary/aromatic N) is 3. The van der Waals surface area contributed by atoms with Crippen LogP contribution >= 0.6 is 0 Å². The van der Waals surface area contributed by atoms with Crippen molar-refractivity contribution in [2.24, 2.45) is 0 Å². The Morgan fingerprint density at radius 3 is 2.68 bits per heavy atom. The average Bonchev–Trinajstić information content (AvgIpc) is 3.52. The summed E-state index contributed by atoms with van der Waals surface area (Å²) in [5, 5.41) is 0. The molecule has 2 bridgehead atoms. The SMILES string of the molecule is C[C@]12OC[C@](COC(=O)c3ccccc3)(O[C@H]1n1cnc3c(=O)[nH]c(N)nc31)[C@H]2OCc1ccccc1. The highest BCUT2D eigenvalue weighted by molar-refractivity contribution is 5.89. The van der Waals surface area contributed by atoms with Crippen molar-refractivity contribution in [2.45, 2.75) is 37.1 Å². The minimum atomic E-state index is -1.11. The van der Waals surface area contributed by atoms with E-state index in [1.54, 1.807) is 28.8 Å². The summed E-state index contributed by atoms with van der Waals surface area (Å²) >= 11 is 0. The minimum Gasteiger partial charge on any atom is -0.459 e. The second-order valence-corrected chi connectivity index (χ2v) is 9.40. The molecule has 37 heavy (non-hydrogen) atoms. The van der Waals surface area contributed by atoms with Crippen molar-refractivity contribution in [2.75, 3.05) is 18.9 Å². The number of carbonyl (C=O) groups excluding carboxylic acids is 1. The van der Waals surface area contributed by atoms with Crippen LogP contribution in [-0.2, 0) is 25.6 Å². The molecular formula is C26H25N5O6. The van der Waals surface area contributed by atoms with Crippen LogP contribution in [-0.4, -0.2) is 56.0 Å². The number of anilines is 1. The van der Waals surface area contributed by atoms with Crippen LogP contribution in [0.25, 0.3) is 11.2 Å². The molecule has 0 amide bonds. The maximum atomic E-state index is 12.8. The van der Waals surface area contributed by atoms with E-state index in [4.69, 9.17) is 24.7 Å². The van der Waals surface area contributed by atoms with Gasteiger partial charge in [-0.05, 0) is 24.6 Å². The second-order valence-electron chi connectivity index (χ2n) is 9.40. The molecule has 2 aliphatic heterocycles. The Bertz CT molecular complexity index is 1510. The van der Waals surface area contributed by atoms with Crippen LogP contribution in [0.4, 0.5) is 5.95 Å². The van der Waals surface area contributed by atoms with Gasteiger partial charge in [-0.3, -0.25) is 14.3 Å². The van der Waals surface area contributed by atoms with Crippen LogP contribution < -0.4 is 11.3 Å². The number of benzene rings is 2. The summed E-state index contributed by atoms with van der Waals surface area (Å²) in [6, 6.07) is 18.4. The lowest BCUT2D eigenvalue weighted by Crippen LogP contribution is -2.47. The van der Waals surface area contributed by atoms with E-state index in [1.807, 2.05) is 43.3 Å². The molecular weight excluding hydrogens is 478 g/mol. The number of aromatic nitrogens is 4. The number of nitrogens with one attached hydrogen (secondary N) is 1. The van der Waals surface area contributed by atoms with Gasteiger partial charge in [0.25, 0.3) is 5.56 Å². The first kappa shape index (κ1) is 23.3. The molecule has 11 heteroatoms. The summed E-state index contributed by atoms with van der Waals surface area (Å²) in [7, 11) is 0. The van der Waals surface area contributed by atoms with Crippen molar-refractivity contribution >= 4 is 23.1 Å². The van der Waals surface area contributed by atoms with Crippen LogP contribution in [0.5, 0.6) is 0 Å². The summed E-state index contributed by atoms with van der Waals surface area (Å²) in [5.74, 6) is -0.525. The number of hydrogen-bond acceptors (Lipinski definition) is 9. The third kappa shape index (κ3) is 3.88. The van der Waals surface area contributed by atoms with Crippen LogP contribution in [0.15, 0.2) is 71.8 Å². The topological polar surface area (TPSA) is 144 Å². The molecule has 4 heterocycles. The predicted octanol–water partition coefficient (Wildman–Crippen LogP) is 2.20. The summed E-state index contributed by atoms with van der Waals surface area (Å²) in [6.45, 7) is 2.20. The molecule has 0 aliphatic carbocycles. The Labute approximate surface area is 211 Å². The second kappa shape index (κ2) is 8.80. The number of nitrogens with two attached hydrogens (primary N) is 1. The number of ether oxygens (including phenoxy) is 4. The third-order valence-corrected chi connectivity index (χ3v) is 6.88. The quantitative estimate of drug-likeness (QED) is 0.363. The number of carbonyl (C=O) groups is 1. The van der Waals surface area contributed by atoms with Gasteiger partial charge in [0.05, 0.1) is 25.1 Å². The number of nitrogen functional groups attached to an aromatic ring is 1. The fourth-order valence-electron chi connectivity index (χ4n) is 5.10. The van der Waals surface area contributed by atoms with Gasteiger partial charge in [-0.25, -0.2) is 9.78 Å². The van der Waals surface area contributed by atoms with E-state index in [0.717, 1.165) is 5.56 Å². The average molecular weight is 504 g/mol. The normalized spacial score (nSPS) is 26.5. The summed E-state index contributed by atoms with van der Waals surface area (Å²) in [5.41, 5.74) is 4.99. The predicted molar refractivity (Wildman–Crippen MR) is 132 cm³/mol. The Hall–Kier alpha value is -4.06. The van der Waals surface area contributed by atoms with E-state index in [2.05, 4.69) is 15.0 Å². The van der Waals surface area contributed by atoms with Crippen LogP contribution in [0, 0.1) is 0 Å². The molecule has 0 unspecified atom stereocenters. The maximum absolute atomic E-state index is 12.8. The van der Waals surface area contributed by atoms with Crippen LogP contribution in [0.3, 0.4) is 0 Å². The summed E-state index contributed by atoms with van der Waals surface area (Å²) in [4.78, 5) is 36.1. The molecule has 4 atom stereocenters. The lowest BCUT2D eigenvalue weighted by atomic mass is 9.91. The standard InChI is InChI=1S/C26H25N5O6/c1-25-22(34-12-16-8-4-2-5-9-16)26(14-36-25,13-35-21(33)17-10-6-3-7-11-17)37-23(25)31-15-28-18-19(31)29-24(27)30-20(18)32/h2-11,15,22-23H,12-14H2,1H3,(H3,27,29,30,32)/t22-,23+,25+,26-/m0/s1. The van der Waals surface area contributed by atoms with E-state index in [1.165, 1.54) is 6.33 Å². The highest BCUT2D eigenvalue weighted by Gasteiger charge is 2.70. The number of rotatable bonds is 7. The molecule has 11 nitrogen and oxygen atoms in total. The van der Waals surface area contributed by atoms with Gasteiger partial charge in [-0.15, -0.1) is 0 Å². The first-order valence-electron chi connectivity index (χ1n) is 11.8. The zero-order valence-electron chi connectivity index (χ0n) is 20.0. The number of esters is 1. The molecule has 0 radical (unpaired) electrons. The van der Waals surface area contributed by atoms with E-state index in [9.17, 15) is 9.59 Å². The lowest BCUT2D eigenvalue weighted by Gasteiger charge is -2.34. The van der Waals surface area contributed by atoms with E-state index >= 15 is 0 Å². The van der Waals surface area contributed by atoms with Gasteiger partial charge in [-0.2, -0.15) is 4.98 Å². The third-order valence-electron chi connectivity index (χ3n) is 6.88. The van der Waals surface area contributed by atoms with Gasteiger partial charge in [0.15, 0.2) is 23.0 Å². The van der Waals surface area contributed by atoms with Crippen molar-refractivity contribution in [1.29, 1.82) is 0 Å². The summed E-state index contributed by atoms with van der Waals surface area (Å²) in [6.07, 6.45) is 0.0614. The van der Waals surface area contributed by atoms with Crippen molar-refractivity contribution in [3.05, 3.63) is 88.5 Å². The fourth-order valence-corrected chi connectivity index (χ4v) is 5.10. The molecule has 2 aromatic carbocycles. The van der Waals surface area contributed by atoms with E-state index < -0.39 is 35.1 Å². The Morgan fingerprint density at radius 2 is 1.92 bits per heavy atom. The van der Waals surface area contributed by atoms with Crippen molar-refractivity contribution in [3.63, 3.8) is 0 Å². The number of fused-ring (bicyclic) bond motifs is 3. The molecule has 2 saturated heterocycles. The number of imidazole rings is 1. The van der Waals surface area contributed by atoms with Crippen molar-refractivity contribution in [1.82, 2.24) is 19.5 Å². The zero-order chi connectivity index (χ0) is 25.6. The monoisotopic (exact) mass is 503 g/mol. The first-order chi connectivity index (χ1) is 17.9. The van der Waals surface area contributed by atoms with Crippen LogP contribution in [0.2, 0.25) is 0 Å². The molecule has 190 valence electrons. The zero-order valence-corrected chi connectivity index (χ0v) is 20.0. The molecule has 6 rings (SSSR count). The van der Waals surface area contributed by atoms with Gasteiger partial charge in [0.1, 0.15) is 18.3 Å². The number of H-pyrrole nitrogens is 1. The van der Waals surface area contributed by atoms with E-state index in [-0.39, 0.29) is 30.3 Å². The Balaban J connectivity index is 1.35. The molecule has 0 spiro atoms. The Kier molecular flexibility index (Phi) is 5.55. The summed E-state index contributed by atoms with van der Waals surface area (Å²) < 4.78 is 26.6. The number of hydrogen-bond donors (Lipinski definition) is 2. The van der Waals surface area contributed by atoms with Gasteiger partial charge in [0.2, 0.25) is 5.95 Å². The van der Waals surface area contributed by atoms with Gasteiger partial charge < -0.3 is 24.7 Å². The van der Waals surface area contributed by atoms with Gasteiger partial charge in [0, 0.05) is 0 Å².